The Morgan fingerprint density at radius 1 is 1.21 bits per heavy atom. The second kappa shape index (κ2) is 8.08. The van der Waals surface area contributed by atoms with Gasteiger partial charge in [0.05, 0.1) is 21.1 Å². The molecule has 1 fully saturated rings. The molecule has 29 heavy (non-hydrogen) atoms. The maximum Gasteiger partial charge on any atom is 0.253 e. The number of hydrogen-bond donors (Lipinski definition) is 1. The second-order valence-electron chi connectivity index (χ2n) is 7.34. The molecule has 148 valence electrons. The SMILES string of the molecule is CN(C)C1CCN(C(=O)c2ccc3[nH]nc(C#Cc4c(Cl)cccc4Cl)c3c2)C1. The lowest BCUT2D eigenvalue weighted by molar-refractivity contribution is 0.0783. The lowest BCUT2D eigenvalue weighted by atomic mass is 10.1. The van der Waals surface area contributed by atoms with Crippen LogP contribution in [0.1, 0.15) is 28.0 Å². The Morgan fingerprint density at radius 2 is 1.97 bits per heavy atom. The molecule has 0 saturated carbocycles. The first-order valence-corrected chi connectivity index (χ1v) is 10.1. The molecular weight excluding hydrogens is 407 g/mol. The van der Waals surface area contributed by atoms with Gasteiger partial charge in [-0.1, -0.05) is 35.2 Å². The van der Waals surface area contributed by atoms with Crippen LogP contribution < -0.4 is 0 Å². The molecule has 1 aromatic heterocycles. The Labute approximate surface area is 179 Å². The average Bonchev–Trinajstić information content (AvgIpc) is 3.34. The zero-order valence-corrected chi connectivity index (χ0v) is 17.7. The van der Waals surface area contributed by atoms with Crippen LogP contribution in [0.25, 0.3) is 10.9 Å². The van der Waals surface area contributed by atoms with E-state index < -0.39 is 0 Å². The first kappa shape index (κ1) is 19.8. The maximum atomic E-state index is 13.0. The molecule has 1 atom stereocenters. The van der Waals surface area contributed by atoms with Crippen molar-refractivity contribution in [2.45, 2.75) is 12.5 Å². The molecule has 0 bridgehead atoms. The molecule has 1 unspecified atom stereocenters. The van der Waals surface area contributed by atoms with Gasteiger partial charge in [-0.2, -0.15) is 5.10 Å². The maximum absolute atomic E-state index is 13.0. The minimum atomic E-state index is 0.0329. The smallest absolute Gasteiger partial charge is 0.253 e. The van der Waals surface area contributed by atoms with E-state index in [1.807, 2.05) is 37.2 Å². The van der Waals surface area contributed by atoms with Crippen LogP contribution >= 0.6 is 23.2 Å². The van der Waals surface area contributed by atoms with Gasteiger partial charge in [-0.15, -0.1) is 0 Å². The van der Waals surface area contributed by atoms with Gasteiger partial charge in [-0.25, -0.2) is 0 Å². The summed E-state index contributed by atoms with van der Waals surface area (Å²) >= 11 is 12.4. The molecule has 1 amide bonds. The molecule has 0 aliphatic carbocycles. The molecule has 4 rings (SSSR count). The predicted octanol–water partition coefficient (Wildman–Crippen LogP) is 4.05. The van der Waals surface area contributed by atoms with Gasteiger partial charge in [-0.05, 0) is 56.8 Å². The zero-order valence-electron chi connectivity index (χ0n) is 16.2. The van der Waals surface area contributed by atoms with Gasteiger partial charge in [0, 0.05) is 30.1 Å². The fourth-order valence-electron chi connectivity index (χ4n) is 3.51. The van der Waals surface area contributed by atoms with Gasteiger partial charge in [0.1, 0.15) is 5.69 Å². The number of hydrogen-bond acceptors (Lipinski definition) is 3. The van der Waals surface area contributed by atoms with Gasteiger partial charge in [0.15, 0.2) is 0 Å². The van der Waals surface area contributed by atoms with E-state index in [0.29, 0.717) is 32.9 Å². The zero-order chi connectivity index (χ0) is 20.5. The average molecular weight is 427 g/mol. The van der Waals surface area contributed by atoms with E-state index in [2.05, 4.69) is 26.9 Å². The third kappa shape index (κ3) is 3.97. The summed E-state index contributed by atoms with van der Waals surface area (Å²) in [6, 6.07) is 11.2. The highest BCUT2D eigenvalue weighted by Crippen LogP contribution is 2.24. The van der Waals surface area contributed by atoms with E-state index >= 15 is 0 Å². The minimum Gasteiger partial charge on any atom is -0.337 e. The molecular formula is C22H20Cl2N4O. The standard InChI is InChI=1S/C22H20Cl2N4O/c1-27(2)15-10-11-28(13-15)22(29)14-6-8-20-17(12-14)21(26-25-20)9-7-16-18(23)4-3-5-19(16)24/h3-6,8,12,15H,10-11,13H2,1-2H3,(H,25,26). The second-order valence-corrected chi connectivity index (χ2v) is 8.15. The van der Waals surface area contributed by atoms with Crippen LogP contribution in [-0.2, 0) is 0 Å². The Kier molecular flexibility index (Phi) is 5.51. The molecule has 0 radical (unpaired) electrons. The summed E-state index contributed by atoms with van der Waals surface area (Å²) in [6.07, 6.45) is 0.988. The van der Waals surface area contributed by atoms with Crippen LogP contribution in [-0.4, -0.2) is 59.1 Å². The van der Waals surface area contributed by atoms with Crippen LogP contribution in [0.3, 0.4) is 0 Å². The molecule has 1 N–H and O–H groups in total. The first-order chi connectivity index (χ1) is 13.9. The van der Waals surface area contributed by atoms with Crippen molar-refractivity contribution >= 4 is 40.0 Å². The van der Waals surface area contributed by atoms with Crippen LogP contribution in [0.5, 0.6) is 0 Å². The number of fused-ring (bicyclic) bond motifs is 1. The van der Waals surface area contributed by atoms with E-state index in [4.69, 9.17) is 23.2 Å². The highest BCUT2D eigenvalue weighted by Gasteiger charge is 2.28. The third-order valence-corrected chi connectivity index (χ3v) is 5.89. The largest absolute Gasteiger partial charge is 0.337 e. The monoisotopic (exact) mass is 426 g/mol. The van der Waals surface area contributed by atoms with Crippen molar-refractivity contribution in [2.24, 2.45) is 0 Å². The van der Waals surface area contributed by atoms with Gasteiger partial charge >= 0.3 is 0 Å². The van der Waals surface area contributed by atoms with Crippen molar-refractivity contribution in [1.82, 2.24) is 20.0 Å². The molecule has 2 aromatic carbocycles. The molecule has 2 heterocycles. The van der Waals surface area contributed by atoms with Gasteiger partial charge in [0.2, 0.25) is 0 Å². The third-order valence-electron chi connectivity index (χ3n) is 5.26. The van der Waals surface area contributed by atoms with Crippen molar-refractivity contribution in [3.8, 4) is 11.8 Å². The summed E-state index contributed by atoms with van der Waals surface area (Å²) in [6.45, 7) is 1.51. The quantitative estimate of drug-likeness (QED) is 0.628. The van der Waals surface area contributed by atoms with Crippen molar-refractivity contribution in [3.63, 3.8) is 0 Å². The Morgan fingerprint density at radius 3 is 2.66 bits per heavy atom. The number of amides is 1. The minimum absolute atomic E-state index is 0.0329. The highest BCUT2D eigenvalue weighted by molar-refractivity contribution is 6.36. The first-order valence-electron chi connectivity index (χ1n) is 9.34. The Bertz CT molecular complexity index is 1120. The van der Waals surface area contributed by atoms with E-state index in [1.54, 1.807) is 18.2 Å². The number of H-pyrrole nitrogens is 1. The number of rotatable bonds is 2. The predicted molar refractivity (Wildman–Crippen MR) is 117 cm³/mol. The van der Waals surface area contributed by atoms with Gasteiger partial charge in [0.25, 0.3) is 5.91 Å². The summed E-state index contributed by atoms with van der Waals surface area (Å²) in [5, 5.41) is 9.03. The number of aromatic nitrogens is 2. The summed E-state index contributed by atoms with van der Waals surface area (Å²) in [4.78, 5) is 17.0. The summed E-state index contributed by atoms with van der Waals surface area (Å²) in [5.74, 6) is 6.06. The van der Waals surface area contributed by atoms with Crippen molar-refractivity contribution in [2.75, 3.05) is 27.2 Å². The number of carbonyl (C=O) groups is 1. The summed E-state index contributed by atoms with van der Waals surface area (Å²) in [5.41, 5.74) is 2.57. The van der Waals surface area contributed by atoms with Crippen LogP contribution in [0.15, 0.2) is 36.4 Å². The van der Waals surface area contributed by atoms with Crippen LogP contribution in [0.4, 0.5) is 0 Å². The fraction of sp³-hybridized carbons (Fsp3) is 0.273. The van der Waals surface area contributed by atoms with E-state index in [9.17, 15) is 4.79 Å². The number of halogens is 2. The highest BCUT2D eigenvalue weighted by atomic mass is 35.5. The topological polar surface area (TPSA) is 52.2 Å². The molecule has 5 nitrogen and oxygen atoms in total. The number of nitrogens with one attached hydrogen (secondary N) is 1. The molecule has 0 spiro atoms. The normalized spacial score (nSPS) is 16.3. The van der Waals surface area contributed by atoms with Crippen LogP contribution in [0, 0.1) is 11.8 Å². The number of carbonyl (C=O) groups excluding carboxylic acids is 1. The Balaban J connectivity index is 1.64. The van der Waals surface area contributed by atoms with E-state index in [-0.39, 0.29) is 5.91 Å². The number of benzene rings is 2. The molecule has 1 aliphatic heterocycles. The summed E-state index contributed by atoms with van der Waals surface area (Å²) in [7, 11) is 4.10. The van der Waals surface area contributed by atoms with Gasteiger partial charge < -0.3 is 9.80 Å². The molecule has 7 heteroatoms. The summed E-state index contributed by atoms with van der Waals surface area (Å²) < 4.78 is 0. The Hall–Kier alpha value is -2.52. The van der Waals surface area contributed by atoms with Gasteiger partial charge in [-0.3, -0.25) is 9.89 Å². The molecule has 3 aromatic rings. The lowest BCUT2D eigenvalue weighted by Gasteiger charge is -2.20. The lowest BCUT2D eigenvalue weighted by Crippen LogP contribution is -2.34. The number of aromatic amines is 1. The van der Waals surface area contributed by atoms with Crippen molar-refractivity contribution < 1.29 is 4.79 Å². The fourth-order valence-corrected chi connectivity index (χ4v) is 4.00. The van der Waals surface area contributed by atoms with E-state index in [1.165, 1.54) is 0 Å². The molecule has 1 aliphatic rings. The van der Waals surface area contributed by atoms with E-state index in [0.717, 1.165) is 30.4 Å². The number of likely N-dealkylation sites (tertiary alicyclic amines) is 1. The number of nitrogens with zero attached hydrogens (tertiary/aromatic N) is 3. The van der Waals surface area contributed by atoms with Crippen LogP contribution in [0.2, 0.25) is 10.0 Å². The molecule has 1 saturated heterocycles. The van der Waals surface area contributed by atoms with Crippen molar-refractivity contribution in [3.05, 3.63) is 63.3 Å². The number of likely N-dealkylation sites (N-methyl/N-ethyl adjacent to an activating group) is 1. The van der Waals surface area contributed by atoms with Crippen molar-refractivity contribution in [1.29, 1.82) is 0 Å².